The highest BCUT2D eigenvalue weighted by molar-refractivity contribution is 6.35. The highest BCUT2D eigenvalue weighted by atomic mass is 35.5. The smallest absolute Gasteiger partial charge is 0.278 e. The predicted octanol–water partition coefficient (Wildman–Crippen LogP) is 3.63. The molecule has 1 fully saturated rings. The van der Waals surface area contributed by atoms with Gasteiger partial charge in [-0.3, -0.25) is 14.5 Å². The molecular formula is C24H25ClN2O3. The summed E-state index contributed by atoms with van der Waals surface area (Å²) in [5.74, 6) is -0.442. The molecule has 0 radical (unpaired) electrons. The third-order valence-corrected chi connectivity index (χ3v) is 6.08. The van der Waals surface area contributed by atoms with Crippen LogP contribution in [0.15, 0.2) is 54.2 Å². The van der Waals surface area contributed by atoms with Crippen LogP contribution < -0.4 is 0 Å². The number of hydrogen-bond acceptors (Lipinski definition) is 4. The maximum Gasteiger partial charge on any atom is 0.278 e. The van der Waals surface area contributed by atoms with E-state index in [-0.39, 0.29) is 30.9 Å². The Labute approximate surface area is 181 Å². The van der Waals surface area contributed by atoms with Gasteiger partial charge in [0.15, 0.2) is 0 Å². The van der Waals surface area contributed by atoms with Gasteiger partial charge in [0, 0.05) is 24.7 Å². The van der Waals surface area contributed by atoms with E-state index in [4.69, 9.17) is 11.6 Å². The van der Waals surface area contributed by atoms with Gasteiger partial charge in [0.25, 0.3) is 11.8 Å². The van der Waals surface area contributed by atoms with Gasteiger partial charge in [0.1, 0.15) is 5.70 Å². The maximum atomic E-state index is 13.4. The average molecular weight is 425 g/mol. The Bertz CT molecular complexity index is 983. The van der Waals surface area contributed by atoms with Crippen molar-refractivity contribution in [3.05, 3.63) is 75.9 Å². The molecule has 2 amide bonds. The first-order valence-electron chi connectivity index (χ1n) is 10.3. The number of rotatable bonds is 5. The lowest BCUT2D eigenvalue weighted by Gasteiger charge is -2.34. The van der Waals surface area contributed by atoms with Gasteiger partial charge in [-0.15, -0.1) is 0 Å². The highest BCUT2D eigenvalue weighted by Crippen LogP contribution is 2.35. The zero-order valence-corrected chi connectivity index (χ0v) is 17.7. The Morgan fingerprint density at radius 1 is 1.03 bits per heavy atom. The summed E-state index contributed by atoms with van der Waals surface area (Å²) >= 11 is 5.97. The molecule has 5 nitrogen and oxygen atoms in total. The Morgan fingerprint density at radius 2 is 1.73 bits per heavy atom. The standard InChI is InChI=1S/C24H25ClN2O3/c1-16-4-8-19(9-5-16)21-22(26-12-2-3-18(13-26)15-28)24(30)27(23(21)29)14-17-6-10-20(25)11-7-17/h4-11,18,28H,2-3,12-15H2,1H3. The number of halogens is 1. The quantitative estimate of drug-likeness (QED) is 0.744. The molecule has 6 heteroatoms. The van der Waals surface area contributed by atoms with Gasteiger partial charge in [-0.25, -0.2) is 0 Å². The summed E-state index contributed by atoms with van der Waals surface area (Å²) in [6.45, 7) is 3.55. The molecule has 4 rings (SSSR count). The van der Waals surface area contributed by atoms with Gasteiger partial charge in [-0.1, -0.05) is 53.6 Å². The van der Waals surface area contributed by atoms with Crippen LogP contribution in [-0.4, -0.2) is 46.4 Å². The van der Waals surface area contributed by atoms with Crippen LogP contribution in [0.1, 0.15) is 29.5 Å². The summed E-state index contributed by atoms with van der Waals surface area (Å²) in [6, 6.07) is 14.9. The lowest BCUT2D eigenvalue weighted by Crippen LogP contribution is -2.40. The third kappa shape index (κ3) is 4.00. The highest BCUT2D eigenvalue weighted by Gasteiger charge is 2.42. The number of aryl methyl sites for hydroxylation is 1. The van der Waals surface area contributed by atoms with Crippen molar-refractivity contribution in [3.8, 4) is 0 Å². The molecule has 2 aliphatic rings. The topological polar surface area (TPSA) is 60.9 Å². The minimum absolute atomic E-state index is 0.0836. The first kappa shape index (κ1) is 20.6. The molecule has 2 aliphatic heterocycles. The number of aliphatic hydroxyl groups excluding tert-OH is 1. The second-order valence-electron chi connectivity index (χ2n) is 8.05. The maximum absolute atomic E-state index is 13.4. The van der Waals surface area contributed by atoms with E-state index in [0.717, 1.165) is 29.5 Å². The number of imide groups is 1. The second kappa shape index (κ2) is 8.62. The van der Waals surface area contributed by atoms with Crippen molar-refractivity contribution in [2.45, 2.75) is 26.3 Å². The van der Waals surface area contributed by atoms with Crippen LogP contribution in [0, 0.1) is 12.8 Å². The van der Waals surface area contributed by atoms with E-state index in [0.29, 0.717) is 29.4 Å². The van der Waals surface area contributed by atoms with E-state index < -0.39 is 0 Å². The average Bonchev–Trinajstić information content (AvgIpc) is 3.00. The van der Waals surface area contributed by atoms with Crippen molar-refractivity contribution < 1.29 is 14.7 Å². The van der Waals surface area contributed by atoms with Crippen molar-refractivity contribution in [2.24, 2.45) is 5.92 Å². The van der Waals surface area contributed by atoms with E-state index in [1.807, 2.05) is 48.2 Å². The lowest BCUT2D eigenvalue weighted by molar-refractivity contribution is -0.138. The van der Waals surface area contributed by atoms with Crippen LogP contribution in [0.4, 0.5) is 0 Å². The first-order chi connectivity index (χ1) is 14.5. The molecule has 2 aromatic rings. The molecule has 0 aromatic heterocycles. The number of amides is 2. The molecule has 0 spiro atoms. The van der Waals surface area contributed by atoms with Crippen molar-refractivity contribution in [3.63, 3.8) is 0 Å². The summed E-state index contributed by atoms with van der Waals surface area (Å²) < 4.78 is 0. The molecule has 1 N–H and O–H groups in total. The van der Waals surface area contributed by atoms with Crippen LogP contribution in [0.2, 0.25) is 5.02 Å². The van der Waals surface area contributed by atoms with Crippen molar-refractivity contribution in [1.29, 1.82) is 0 Å². The fourth-order valence-electron chi connectivity index (χ4n) is 4.17. The van der Waals surface area contributed by atoms with Crippen LogP contribution in [-0.2, 0) is 16.1 Å². The van der Waals surface area contributed by atoms with Crippen molar-refractivity contribution >= 4 is 29.0 Å². The fraction of sp³-hybridized carbons (Fsp3) is 0.333. The molecule has 2 heterocycles. The summed E-state index contributed by atoms with van der Waals surface area (Å²) in [6.07, 6.45) is 1.81. The second-order valence-corrected chi connectivity index (χ2v) is 8.49. The number of carbonyl (C=O) groups excluding carboxylic acids is 2. The SMILES string of the molecule is Cc1ccc(C2=C(N3CCCC(CO)C3)C(=O)N(Cc3ccc(Cl)cc3)C2=O)cc1. The lowest BCUT2D eigenvalue weighted by atomic mass is 9.96. The van der Waals surface area contributed by atoms with Crippen LogP contribution in [0.3, 0.4) is 0 Å². The van der Waals surface area contributed by atoms with Crippen LogP contribution in [0.5, 0.6) is 0 Å². The fourth-order valence-corrected chi connectivity index (χ4v) is 4.30. The monoisotopic (exact) mass is 424 g/mol. The summed E-state index contributed by atoms with van der Waals surface area (Å²) in [7, 11) is 0. The van der Waals surface area contributed by atoms with Gasteiger partial charge >= 0.3 is 0 Å². The van der Waals surface area contributed by atoms with Crippen molar-refractivity contribution in [2.75, 3.05) is 19.7 Å². The van der Waals surface area contributed by atoms with E-state index in [2.05, 4.69) is 0 Å². The number of benzene rings is 2. The number of likely N-dealkylation sites (tertiary alicyclic amines) is 1. The molecule has 1 saturated heterocycles. The van der Waals surface area contributed by atoms with Gasteiger partial charge < -0.3 is 10.0 Å². The van der Waals surface area contributed by atoms with E-state index in [1.54, 1.807) is 12.1 Å². The number of carbonyl (C=O) groups is 2. The van der Waals surface area contributed by atoms with Gasteiger partial charge in [-0.05, 0) is 48.9 Å². The predicted molar refractivity (Wildman–Crippen MR) is 116 cm³/mol. The number of nitrogens with zero attached hydrogens (tertiary/aromatic N) is 2. The zero-order chi connectivity index (χ0) is 21.3. The van der Waals surface area contributed by atoms with Gasteiger partial charge in [-0.2, -0.15) is 0 Å². The van der Waals surface area contributed by atoms with Crippen LogP contribution >= 0.6 is 11.6 Å². The Kier molecular flexibility index (Phi) is 5.93. The first-order valence-corrected chi connectivity index (χ1v) is 10.6. The Hall–Kier alpha value is -2.63. The van der Waals surface area contributed by atoms with Crippen LogP contribution in [0.25, 0.3) is 5.57 Å². The number of aliphatic hydroxyl groups is 1. The molecule has 30 heavy (non-hydrogen) atoms. The normalized spacial score (nSPS) is 19.8. The summed E-state index contributed by atoms with van der Waals surface area (Å²) in [5.41, 5.74) is 3.59. The molecule has 1 unspecified atom stereocenters. The minimum Gasteiger partial charge on any atom is -0.396 e. The largest absolute Gasteiger partial charge is 0.396 e. The summed E-state index contributed by atoms with van der Waals surface area (Å²) in [4.78, 5) is 30.2. The van der Waals surface area contributed by atoms with Gasteiger partial charge in [0.05, 0.1) is 12.1 Å². The molecule has 0 saturated carbocycles. The molecule has 2 aromatic carbocycles. The Balaban J connectivity index is 1.72. The molecular weight excluding hydrogens is 400 g/mol. The Morgan fingerprint density at radius 3 is 2.40 bits per heavy atom. The number of hydrogen-bond donors (Lipinski definition) is 1. The van der Waals surface area contributed by atoms with Gasteiger partial charge in [0.2, 0.25) is 0 Å². The van der Waals surface area contributed by atoms with E-state index in [1.165, 1.54) is 4.90 Å². The van der Waals surface area contributed by atoms with Crippen molar-refractivity contribution in [1.82, 2.24) is 9.80 Å². The number of piperidine rings is 1. The molecule has 0 bridgehead atoms. The summed E-state index contributed by atoms with van der Waals surface area (Å²) in [5, 5.41) is 10.2. The third-order valence-electron chi connectivity index (χ3n) is 5.83. The van der Waals surface area contributed by atoms with E-state index in [9.17, 15) is 14.7 Å². The molecule has 1 atom stereocenters. The zero-order valence-electron chi connectivity index (χ0n) is 17.0. The minimum atomic E-state index is -0.278. The molecule has 156 valence electrons. The molecule has 0 aliphatic carbocycles. The van der Waals surface area contributed by atoms with E-state index >= 15 is 0 Å².